The molecule has 8 heteroatoms. The summed E-state index contributed by atoms with van der Waals surface area (Å²) in [6.07, 6.45) is 0. The van der Waals surface area contributed by atoms with Crippen LogP contribution in [0.25, 0.3) is 0 Å². The van der Waals surface area contributed by atoms with Crippen LogP contribution < -0.4 is 0 Å². The maximum absolute atomic E-state index is 12.7. The first-order chi connectivity index (χ1) is 6.24. The number of benzene rings is 1. The van der Waals surface area contributed by atoms with Gasteiger partial charge < -0.3 is 0 Å². The first kappa shape index (κ1) is 11.1. The predicted octanol–water partition coefficient (Wildman–Crippen LogP) is 2.76. The highest BCUT2D eigenvalue weighted by Crippen LogP contribution is 2.44. The zero-order valence-electron chi connectivity index (χ0n) is 6.46. The van der Waals surface area contributed by atoms with Gasteiger partial charge in [0.25, 0.3) is 10.0 Å². The predicted molar refractivity (Wildman–Crippen MR) is 39.1 cm³/mol. The Morgan fingerprint density at radius 2 is 1.64 bits per heavy atom. The lowest BCUT2D eigenvalue weighted by Crippen LogP contribution is -2.32. The fourth-order valence-electron chi connectivity index (χ4n) is 0.786. The first-order valence-corrected chi connectivity index (χ1v) is 4.94. The summed E-state index contributed by atoms with van der Waals surface area (Å²) in [5.74, 6) is -1.64. The van der Waals surface area contributed by atoms with Gasteiger partial charge in [0.2, 0.25) is 0 Å². The van der Waals surface area contributed by atoms with Crippen molar-refractivity contribution in [1.82, 2.24) is 4.75 Å². The van der Waals surface area contributed by atoms with E-state index in [9.17, 15) is 25.3 Å². The van der Waals surface area contributed by atoms with Crippen molar-refractivity contribution in [3.63, 3.8) is 0 Å². The van der Waals surface area contributed by atoms with Crippen molar-refractivity contribution in [2.45, 2.75) is 4.90 Å². The van der Waals surface area contributed by atoms with E-state index in [4.69, 9.17) is 0 Å². The second-order valence-corrected chi connectivity index (χ2v) is 4.53. The van der Waals surface area contributed by atoms with Crippen LogP contribution in [0.4, 0.5) is 21.1 Å². The van der Waals surface area contributed by atoms with Crippen LogP contribution in [0.3, 0.4) is 0 Å². The largest absolute Gasteiger partial charge is 0.294 e. The van der Waals surface area contributed by atoms with Crippen molar-refractivity contribution in [2.75, 3.05) is 0 Å². The van der Waals surface area contributed by atoms with E-state index in [2.05, 4.69) is 0 Å². The van der Waals surface area contributed by atoms with Gasteiger partial charge in [0.1, 0.15) is 15.5 Å². The summed E-state index contributed by atoms with van der Waals surface area (Å²) >= 11 is 0. The Hall–Kier alpha value is -1.02. The van der Waals surface area contributed by atoms with E-state index in [1.54, 1.807) is 0 Å². The Morgan fingerprint density at radius 1 is 1.14 bits per heavy atom. The standard InChI is InChI=1S/C6H4F5NOS/c7-5-3-1-2-4-6(5)14(10,11,13)12(8)9/h1-4H. The second-order valence-electron chi connectivity index (χ2n) is 2.36. The molecule has 1 rings (SSSR count). The first-order valence-electron chi connectivity index (χ1n) is 3.22. The maximum atomic E-state index is 12.7. The minimum Gasteiger partial charge on any atom is -0.205 e. The Labute approximate surface area is 75.9 Å². The van der Waals surface area contributed by atoms with Crippen LogP contribution >= 0.6 is 0 Å². The van der Waals surface area contributed by atoms with Gasteiger partial charge in [0, 0.05) is 0 Å². The minimum atomic E-state index is -7.54. The minimum absolute atomic E-state index is 0.344. The van der Waals surface area contributed by atoms with E-state index < -0.39 is 25.5 Å². The van der Waals surface area contributed by atoms with E-state index >= 15 is 0 Å². The van der Waals surface area contributed by atoms with E-state index in [1.807, 2.05) is 0 Å². The van der Waals surface area contributed by atoms with Gasteiger partial charge in [-0.2, -0.15) is 4.21 Å². The molecule has 1 aromatic rings. The van der Waals surface area contributed by atoms with Crippen molar-refractivity contribution in [1.29, 1.82) is 0 Å². The molecule has 0 N–H and O–H groups in total. The van der Waals surface area contributed by atoms with Gasteiger partial charge in [-0.1, -0.05) is 21.1 Å². The summed E-state index contributed by atoms with van der Waals surface area (Å²) in [6.45, 7) is 0. The highest BCUT2D eigenvalue weighted by atomic mass is 32.4. The zero-order chi connectivity index (χ0) is 11.0. The van der Waals surface area contributed by atoms with Gasteiger partial charge in [-0.05, 0) is 12.1 Å². The number of nitrogens with zero attached hydrogens (tertiary/aromatic N) is 1. The number of halogens is 5. The third-order valence-corrected chi connectivity index (χ3v) is 2.92. The monoisotopic (exact) mass is 233 g/mol. The molecule has 80 valence electrons. The molecule has 1 aromatic carbocycles. The number of hydrogen-bond acceptors (Lipinski definition) is 1. The molecule has 0 fully saturated rings. The van der Waals surface area contributed by atoms with Gasteiger partial charge in [-0.15, -0.1) is 7.77 Å². The molecule has 0 saturated carbocycles. The van der Waals surface area contributed by atoms with Crippen LogP contribution in [-0.2, 0) is 10.0 Å². The molecule has 0 amide bonds. The highest BCUT2D eigenvalue weighted by molar-refractivity contribution is 8.08. The summed E-state index contributed by atoms with van der Waals surface area (Å²) in [4.78, 5) is -1.81. The molecule has 2 nitrogen and oxygen atoms in total. The van der Waals surface area contributed by atoms with Gasteiger partial charge in [-0.3, -0.25) is 0 Å². The Balaban J connectivity index is 3.45. The fraction of sp³-hybridized carbons (Fsp3) is 0. The van der Waals surface area contributed by atoms with Crippen LogP contribution in [0.2, 0.25) is 0 Å². The lowest BCUT2D eigenvalue weighted by molar-refractivity contribution is -0.0700. The average molecular weight is 233 g/mol. The molecule has 0 aliphatic rings. The normalized spacial score (nSPS) is 15.1. The summed E-state index contributed by atoms with van der Waals surface area (Å²) < 4.78 is 69.3. The van der Waals surface area contributed by atoms with Crippen LogP contribution in [0.15, 0.2) is 29.2 Å². The quantitative estimate of drug-likeness (QED) is 0.437. The molecule has 0 aliphatic carbocycles. The van der Waals surface area contributed by atoms with E-state index in [0.29, 0.717) is 12.1 Å². The van der Waals surface area contributed by atoms with Crippen molar-refractivity contribution in [3.05, 3.63) is 30.1 Å². The summed E-state index contributed by atoms with van der Waals surface area (Å²) in [5, 5.41) is 0. The maximum Gasteiger partial charge on any atom is 0.294 e. The molecular weight excluding hydrogens is 229 g/mol. The highest BCUT2D eigenvalue weighted by Gasteiger charge is 2.50. The topological polar surface area (TPSA) is 20.3 Å². The molecule has 0 spiro atoms. The van der Waals surface area contributed by atoms with Crippen molar-refractivity contribution in [3.8, 4) is 0 Å². The molecular formula is C6H4F5NOS. The lowest BCUT2D eigenvalue weighted by atomic mass is 10.4. The van der Waals surface area contributed by atoms with Gasteiger partial charge in [0.05, 0.1) is 0 Å². The lowest BCUT2D eigenvalue weighted by Gasteiger charge is -2.23. The Morgan fingerprint density at radius 3 is 2.07 bits per heavy atom. The molecule has 0 heterocycles. The second kappa shape index (κ2) is 2.99. The molecule has 0 atom stereocenters. The van der Waals surface area contributed by atoms with E-state index in [0.717, 1.165) is 12.1 Å². The van der Waals surface area contributed by atoms with Crippen LogP contribution in [0.5, 0.6) is 0 Å². The molecule has 14 heavy (non-hydrogen) atoms. The van der Waals surface area contributed by atoms with Crippen LogP contribution in [0, 0.1) is 5.82 Å². The number of hydrogen-bond donors (Lipinski definition) is 0. The molecule has 0 radical (unpaired) electrons. The van der Waals surface area contributed by atoms with Gasteiger partial charge >= 0.3 is 0 Å². The van der Waals surface area contributed by atoms with Crippen molar-refractivity contribution < 1.29 is 25.3 Å². The van der Waals surface area contributed by atoms with Crippen LogP contribution in [0.1, 0.15) is 0 Å². The smallest absolute Gasteiger partial charge is 0.205 e. The van der Waals surface area contributed by atoms with Crippen molar-refractivity contribution in [2.24, 2.45) is 0 Å². The SMILES string of the molecule is O=S(F)(F)(c1ccccc1F)N(F)F. The Kier molecular flexibility index (Phi) is 2.36. The summed E-state index contributed by atoms with van der Waals surface area (Å²) in [7, 11) is -7.54. The molecule has 0 saturated heterocycles. The third kappa shape index (κ3) is 1.62. The van der Waals surface area contributed by atoms with E-state index in [-0.39, 0.29) is 0 Å². The average Bonchev–Trinajstić information content (AvgIpc) is 2.03. The molecule has 0 aromatic heterocycles. The zero-order valence-corrected chi connectivity index (χ0v) is 7.28. The van der Waals surface area contributed by atoms with Gasteiger partial charge in [0.15, 0.2) is 0 Å². The fourth-order valence-corrected chi connectivity index (χ4v) is 1.61. The number of rotatable bonds is 2. The summed E-state index contributed by atoms with van der Waals surface area (Å²) in [6, 6.07) is 2.76. The summed E-state index contributed by atoms with van der Waals surface area (Å²) in [5.41, 5.74) is 0. The molecule has 0 bridgehead atoms. The molecule has 0 aliphatic heterocycles. The van der Waals surface area contributed by atoms with Gasteiger partial charge in [-0.25, -0.2) is 4.39 Å². The van der Waals surface area contributed by atoms with Crippen LogP contribution in [-0.4, -0.2) is 8.96 Å². The van der Waals surface area contributed by atoms with Crippen molar-refractivity contribution >= 4 is 10.0 Å². The van der Waals surface area contributed by atoms with E-state index in [1.165, 1.54) is 0 Å². The Bertz CT molecular complexity index is 414. The third-order valence-electron chi connectivity index (χ3n) is 1.42. The molecule has 0 unspecified atom stereocenters.